The van der Waals surface area contributed by atoms with Crippen molar-refractivity contribution < 1.29 is 18.0 Å². The van der Waals surface area contributed by atoms with Gasteiger partial charge in [0, 0.05) is 6.54 Å². The summed E-state index contributed by atoms with van der Waals surface area (Å²) in [5, 5.41) is 2.22. The minimum Gasteiger partial charge on any atom is -0.340 e. The van der Waals surface area contributed by atoms with Crippen LogP contribution in [-0.2, 0) is 19.4 Å². The van der Waals surface area contributed by atoms with Gasteiger partial charge in [-0.2, -0.15) is 0 Å². The Morgan fingerprint density at radius 3 is 2.14 bits per heavy atom. The summed E-state index contributed by atoms with van der Waals surface area (Å²) < 4.78 is 24.0. The molecule has 0 aromatic rings. The molecule has 1 heterocycles. The van der Waals surface area contributed by atoms with Crippen molar-refractivity contribution in [2.75, 3.05) is 12.3 Å². The lowest BCUT2D eigenvalue weighted by atomic mass is 9.86. The van der Waals surface area contributed by atoms with Crippen LogP contribution in [0.5, 0.6) is 0 Å². The third-order valence-electron chi connectivity index (χ3n) is 4.30. The molecule has 6 nitrogen and oxygen atoms in total. The highest BCUT2D eigenvalue weighted by atomic mass is 32.2. The summed E-state index contributed by atoms with van der Waals surface area (Å²) in [6.45, 7) is 10.0. The van der Waals surface area contributed by atoms with Crippen LogP contribution < -0.4 is 5.32 Å². The van der Waals surface area contributed by atoms with Gasteiger partial charge in [-0.05, 0) is 41.0 Å². The van der Waals surface area contributed by atoms with E-state index in [0.717, 1.165) is 0 Å². The predicted octanol–water partition coefficient (Wildman–Crippen LogP) is 0.715. The third kappa shape index (κ3) is 3.22. The molecule has 1 rings (SSSR count). The molecule has 7 heteroatoms. The quantitative estimate of drug-likeness (QED) is 0.809. The second-order valence-corrected chi connectivity index (χ2v) is 9.26. The average Bonchev–Trinajstić information content (AvgIpc) is 2.35. The van der Waals surface area contributed by atoms with Crippen molar-refractivity contribution in [2.24, 2.45) is 0 Å². The zero-order chi connectivity index (χ0) is 16.6. The number of hydrogen-bond acceptors (Lipinski definition) is 4. The molecular weight excluding hydrogens is 292 g/mol. The van der Waals surface area contributed by atoms with Gasteiger partial charge < -0.3 is 10.2 Å². The summed E-state index contributed by atoms with van der Waals surface area (Å²) in [7, 11) is -3.26. The van der Waals surface area contributed by atoms with E-state index in [9.17, 15) is 18.0 Å². The maximum atomic E-state index is 12.6. The number of hydrogen-bond donors (Lipinski definition) is 1. The van der Waals surface area contributed by atoms with E-state index in [1.807, 2.05) is 6.92 Å². The fraction of sp³-hybridized carbons (Fsp3) is 0.857. The molecule has 0 aliphatic carbocycles. The Morgan fingerprint density at radius 2 is 1.71 bits per heavy atom. The van der Waals surface area contributed by atoms with E-state index in [2.05, 4.69) is 5.32 Å². The Balaban J connectivity index is 3.09. The van der Waals surface area contributed by atoms with E-state index in [4.69, 9.17) is 0 Å². The Morgan fingerprint density at radius 1 is 1.19 bits per heavy atom. The van der Waals surface area contributed by atoms with Crippen molar-refractivity contribution in [2.45, 2.75) is 64.3 Å². The summed E-state index contributed by atoms with van der Waals surface area (Å²) in [6, 6.07) is 0. The van der Waals surface area contributed by atoms with Gasteiger partial charge in [-0.3, -0.25) is 9.59 Å². The molecule has 0 radical (unpaired) electrons. The van der Waals surface area contributed by atoms with Crippen LogP contribution in [0.15, 0.2) is 0 Å². The van der Waals surface area contributed by atoms with E-state index < -0.39 is 26.2 Å². The zero-order valence-corrected chi connectivity index (χ0v) is 14.5. The molecule has 122 valence electrons. The molecule has 0 spiro atoms. The molecule has 0 aromatic carbocycles. The Kier molecular flexibility index (Phi) is 4.77. The predicted molar refractivity (Wildman–Crippen MR) is 81.6 cm³/mol. The van der Waals surface area contributed by atoms with Gasteiger partial charge in [-0.25, -0.2) is 8.42 Å². The number of amides is 2. The van der Waals surface area contributed by atoms with Gasteiger partial charge >= 0.3 is 0 Å². The first-order valence-corrected chi connectivity index (χ1v) is 8.96. The Bertz CT molecular complexity index is 539. The molecule has 1 aliphatic rings. The SMILES string of the molecule is CCC1(C)C(=O)NC(C)(C)C(=O)N1CCS(=O)(=O)C(C)C. The summed E-state index contributed by atoms with van der Waals surface area (Å²) >= 11 is 0. The Labute approximate surface area is 127 Å². The Hall–Kier alpha value is -1.11. The van der Waals surface area contributed by atoms with Crippen LogP contribution in [0, 0.1) is 0 Å². The van der Waals surface area contributed by atoms with Gasteiger partial charge in [0.1, 0.15) is 11.1 Å². The molecule has 1 fully saturated rings. The minimum atomic E-state index is -3.26. The second kappa shape index (κ2) is 5.59. The molecule has 0 saturated carbocycles. The van der Waals surface area contributed by atoms with Crippen LogP contribution in [0.2, 0.25) is 0 Å². The van der Waals surface area contributed by atoms with E-state index >= 15 is 0 Å². The van der Waals surface area contributed by atoms with Crippen molar-refractivity contribution in [3.63, 3.8) is 0 Å². The highest BCUT2D eigenvalue weighted by Gasteiger charge is 2.51. The number of nitrogens with one attached hydrogen (secondary N) is 1. The molecule has 2 amide bonds. The maximum Gasteiger partial charge on any atom is 0.248 e. The van der Waals surface area contributed by atoms with Crippen molar-refractivity contribution >= 4 is 21.7 Å². The van der Waals surface area contributed by atoms with E-state index in [0.29, 0.717) is 6.42 Å². The number of rotatable bonds is 5. The second-order valence-electron chi connectivity index (χ2n) is 6.58. The summed E-state index contributed by atoms with van der Waals surface area (Å²) in [4.78, 5) is 26.3. The first-order chi connectivity index (χ1) is 9.38. The van der Waals surface area contributed by atoms with Crippen LogP contribution in [0.3, 0.4) is 0 Å². The fourth-order valence-corrected chi connectivity index (χ4v) is 3.22. The first kappa shape index (κ1) is 17.9. The highest BCUT2D eigenvalue weighted by Crippen LogP contribution is 2.28. The maximum absolute atomic E-state index is 12.6. The fourth-order valence-electron chi connectivity index (χ4n) is 2.31. The monoisotopic (exact) mass is 318 g/mol. The molecule has 1 saturated heterocycles. The molecule has 1 N–H and O–H groups in total. The van der Waals surface area contributed by atoms with Gasteiger partial charge in [0.25, 0.3) is 0 Å². The van der Waals surface area contributed by atoms with E-state index in [1.165, 1.54) is 4.90 Å². The smallest absolute Gasteiger partial charge is 0.248 e. The number of sulfone groups is 1. The first-order valence-electron chi connectivity index (χ1n) is 7.24. The lowest BCUT2D eigenvalue weighted by molar-refractivity contribution is -0.160. The van der Waals surface area contributed by atoms with Gasteiger partial charge in [0.05, 0.1) is 11.0 Å². The molecule has 21 heavy (non-hydrogen) atoms. The lowest BCUT2D eigenvalue weighted by Gasteiger charge is -2.49. The van der Waals surface area contributed by atoms with Crippen molar-refractivity contribution in [1.82, 2.24) is 10.2 Å². The minimum absolute atomic E-state index is 0.0422. The zero-order valence-electron chi connectivity index (χ0n) is 13.7. The van der Waals surface area contributed by atoms with Crippen molar-refractivity contribution in [3.8, 4) is 0 Å². The number of nitrogens with zero attached hydrogens (tertiary/aromatic N) is 1. The molecule has 0 aromatic heterocycles. The van der Waals surface area contributed by atoms with E-state index in [-0.39, 0.29) is 24.1 Å². The van der Waals surface area contributed by atoms with E-state index in [1.54, 1.807) is 34.6 Å². The molecule has 1 aliphatic heterocycles. The highest BCUT2D eigenvalue weighted by molar-refractivity contribution is 7.92. The number of carbonyl (C=O) groups excluding carboxylic acids is 2. The standard InChI is InChI=1S/C14H26N2O4S/c1-7-14(6)11(17)15-13(4,5)12(18)16(14)8-9-21(19,20)10(2)3/h10H,7-9H2,1-6H3,(H,15,17). The molecule has 1 unspecified atom stereocenters. The van der Waals surface area contributed by atoms with Crippen LogP contribution in [0.4, 0.5) is 0 Å². The topological polar surface area (TPSA) is 83.6 Å². The van der Waals surface area contributed by atoms with Crippen LogP contribution >= 0.6 is 0 Å². The molecule has 0 bridgehead atoms. The summed E-state index contributed by atoms with van der Waals surface area (Å²) in [6.07, 6.45) is 0.433. The number of carbonyl (C=O) groups is 2. The van der Waals surface area contributed by atoms with Gasteiger partial charge in [-0.15, -0.1) is 0 Å². The number of piperazine rings is 1. The lowest BCUT2D eigenvalue weighted by Crippen LogP contribution is -2.73. The summed E-state index contributed by atoms with van der Waals surface area (Å²) in [5.41, 5.74) is -2.01. The average molecular weight is 318 g/mol. The van der Waals surface area contributed by atoms with Crippen molar-refractivity contribution in [1.29, 1.82) is 0 Å². The normalized spacial score (nSPS) is 26.1. The van der Waals surface area contributed by atoms with Crippen LogP contribution in [-0.4, -0.2) is 53.8 Å². The van der Waals surface area contributed by atoms with Crippen molar-refractivity contribution in [3.05, 3.63) is 0 Å². The summed E-state index contributed by atoms with van der Waals surface area (Å²) in [5.74, 6) is -0.614. The van der Waals surface area contributed by atoms with Crippen LogP contribution in [0.1, 0.15) is 48.0 Å². The molecular formula is C14H26N2O4S. The van der Waals surface area contributed by atoms with Crippen LogP contribution in [0.25, 0.3) is 0 Å². The van der Waals surface area contributed by atoms with Gasteiger partial charge in [-0.1, -0.05) is 6.92 Å². The van der Waals surface area contributed by atoms with Gasteiger partial charge in [0.15, 0.2) is 9.84 Å². The molecule has 1 atom stereocenters. The third-order valence-corrected chi connectivity index (χ3v) is 6.48. The van der Waals surface area contributed by atoms with Gasteiger partial charge in [0.2, 0.25) is 11.8 Å². The largest absolute Gasteiger partial charge is 0.340 e.